The highest BCUT2D eigenvalue weighted by Gasteiger charge is 2.62. The van der Waals surface area contributed by atoms with Gasteiger partial charge in [-0.1, -0.05) is 45.9 Å². The molecule has 4 heterocycles. The van der Waals surface area contributed by atoms with Crippen LogP contribution in [0.4, 0.5) is 10.2 Å². The molecule has 2 aromatic heterocycles. The van der Waals surface area contributed by atoms with E-state index >= 15 is 4.39 Å². The van der Waals surface area contributed by atoms with Crippen LogP contribution in [0.5, 0.6) is 5.75 Å². The van der Waals surface area contributed by atoms with Crippen molar-refractivity contribution in [2.24, 2.45) is 11.8 Å². The highest BCUT2D eigenvalue weighted by atomic mass is 31.2. The lowest BCUT2D eigenvalue weighted by Gasteiger charge is -2.34. The van der Waals surface area contributed by atoms with Crippen LogP contribution in [0.25, 0.3) is 5.52 Å². The van der Waals surface area contributed by atoms with Crippen molar-refractivity contribution in [3.8, 4) is 5.75 Å². The van der Waals surface area contributed by atoms with Crippen LogP contribution in [0.2, 0.25) is 0 Å². The summed E-state index contributed by atoms with van der Waals surface area (Å²) >= 11 is 0. The molecule has 5 rings (SSSR count). The molecule has 3 aromatic rings. The Balaban J connectivity index is 1.53. The van der Waals surface area contributed by atoms with Gasteiger partial charge in [0.1, 0.15) is 42.5 Å². The van der Waals surface area contributed by atoms with E-state index < -0.39 is 86.8 Å². The van der Waals surface area contributed by atoms with Gasteiger partial charge < -0.3 is 33.9 Å². The van der Waals surface area contributed by atoms with Crippen molar-refractivity contribution < 1.29 is 56.1 Å². The van der Waals surface area contributed by atoms with Gasteiger partial charge in [-0.25, -0.2) is 18.5 Å². The van der Waals surface area contributed by atoms with Crippen LogP contribution < -0.4 is 15.3 Å². The average Bonchev–Trinajstić information content (AvgIpc) is 3.62. The van der Waals surface area contributed by atoms with Gasteiger partial charge in [-0.3, -0.25) is 18.9 Å². The summed E-state index contributed by atoms with van der Waals surface area (Å²) < 4.78 is 71.5. The second-order valence-corrected chi connectivity index (χ2v) is 14.3. The first kappa shape index (κ1) is 37.1. The van der Waals surface area contributed by atoms with Crippen LogP contribution in [0.15, 0.2) is 48.8 Å². The van der Waals surface area contributed by atoms with Crippen LogP contribution >= 0.6 is 7.75 Å². The quantitative estimate of drug-likeness (QED) is 0.131. The number of esters is 3. The molecule has 18 heteroatoms. The first-order valence-corrected chi connectivity index (χ1v) is 17.6. The lowest BCUT2D eigenvalue weighted by molar-refractivity contribution is -0.179. The maximum atomic E-state index is 15.7. The predicted molar refractivity (Wildman–Crippen MR) is 173 cm³/mol. The Morgan fingerprint density at radius 3 is 2.32 bits per heavy atom. The number of hydrogen-bond donors (Lipinski definition) is 2. The van der Waals surface area contributed by atoms with Gasteiger partial charge in [0.25, 0.3) is 0 Å². The normalized spacial score (nSPS) is 24.0. The van der Waals surface area contributed by atoms with E-state index in [1.807, 2.05) is 0 Å². The summed E-state index contributed by atoms with van der Waals surface area (Å²) in [6.07, 6.45) is -3.65. The van der Waals surface area contributed by atoms with E-state index in [1.165, 1.54) is 29.9 Å². The lowest BCUT2D eigenvalue weighted by atomic mass is 9.95. The van der Waals surface area contributed by atoms with E-state index in [4.69, 9.17) is 38.5 Å². The first-order chi connectivity index (χ1) is 23.8. The van der Waals surface area contributed by atoms with Gasteiger partial charge in [-0.15, -0.1) is 0 Å². The summed E-state index contributed by atoms with van der Waals surface area (Å²) in [6.45, 7) is 5.92. The monoisotopic (exact) mass is 721 g/mol. The minimum absolute atomic E-state index is 0.0965. The number of anilines is 1. The van der Waals surface area contributed by atoms with Crippen molar-refractivity contribution in [3.05, 3.63) is 54.5 Å². The molecule has 16 nitrogen and oxygen atoms in total. The fourth-order valence-electron chi connectivity index (χ4n) is 5.10. The molecule has 0 spiro atoms. The number of nitrogens with one attached hydrogen (secondary N) is 1. The average molecular weight is 722 g/mol. The van der Waals surface area contributed by atoms with Crippen molar-refractivity contribution in [3.63, 3.8) is 0 Å². The Hall–Kier alpha value is -4.15. The zero-order chi connectivity index (χ0) is 36.2. The minimum atomic E-state index is -4.58. The number of nitrogens with zero attached hydrogens (tertiary/aromatic N) is 3. The van der Waals surface area contributed by atoms with Crippen molar-refractivity contribution in [1.82, 2.24) is 19.7 Å². The Labute approximate surface area is 287 Å². The molecule has 1 unspecified atom stereocenters. The molecular weight excluding hydrogens is 680 g/mol. The molecule has 3 N–H and O–H groups in total. The van der Waals surface area contributed by atoms with Gasteiger partial charge in [0.2, 0.25) is 0 Å². The summed E-state index contributed by atoms with van der Waals surface area (Å²) in [7, 11) is -4.58. The molecule has 1 aromatic carbocycles. The molecule has 2 saturated heterocycles. The summed E-state index contributed by atoms with van der Waals surface area (Å²) in [5, 5.41) is 6.79. The third-order valence-electron chi connectivity index (χ3n) is 7.99. The maximum absolute atomic E-state index is 15.7. The van der Waals surface area contributed by atoms with E-state index in [9.17, 15) is 18.9 Å². The standard InChI is InChI=1S/C32H41FN5O11P/c1-18(2)29(39)46-26-25(23-11-12-24-28(34)35-17-36-38(23)24)48-32(15-33,27(26)47-30(40)19(3)4)16-44-50(42,49-21-9-7-6-8-10-21)37-20(5)31(41)45-22-13-43-14-22/h6-12,17-20,22,25-27H,13-16H2,1-5H3,(H,37,42)(H2,34,35,36)/t20-,25-,26-,27-,32+,50?/m0/s1. The summed E-state index contributed by atoms with van der Waals surface area (Å²) in [4.78, 5) is 43.0. The fourth-order valence-corrected chi connectivity index (χ4v) is 6.64. The van der Waals surface area contributed by atoms with E-state index in [0.717, 1.165) is 0 Å². The number of aromatic nitrogens is 3. The number of nitrogen functional groups attached to an aromatic ring is 1. The smallest absolute Gasteiger partial charge is 0.456 e. The minimum Gasteiger partial charge on any atom is -0.456 e. The van der Waals surface area contributed by atoms with Crippen molar-refractivity contribution >= 4 is 37.0 Å². The van der Waals surface area contributed by atoms with E-state index in [2.05, 4.69) is 15.2 Å². The third-order valence-corrected chi connectivity index (χ3v) is 9.61. The molecule has 2 aliphatic rings. The summed E-state index contributed by atoms with van der Waals surface area (Å²) in [6, 6.07) is 9.88. The second kappa shape index (κ2) is 15.4. The zero-order valence-electron chi connectivity index (χ0n) is 28.2. The Kier molecular flexibility index (Phi) is 11.4. The topological polar surface area (TPSA) is 201 Å². The van der Waals surface area contributed by atoms with Crippen molar-refractivity contribution in [2.45, 2.75) is 70.7 Å². The molecular formula is C32H41FN5O11P. The van der Waals surface area contributed by atoms with Gasteiger partial charge >= 0.3 is 25.7 Å². The van der Waals surface area contributed by atoms with E-state index in [0.29, 0.717) is 5.52 Å². The first-order valence-electron chi connectivity index (χ1n) is 16.0. The largest absolute Gasteiger partial charge is 0.459 e. The van der Waals surface area contributed by atoms with Crippen LogP contribution in [-0.4, -0.2) is 89.0 Å². The second-order valence-electron chi connectivity index (χ2n) is 12.6. The highest BCUT2D eigenvalue weighted by molar-refractivity contribution is 7.52. The number of alkyl halides is 1. The Morgan fingerprint density at radius 1 is 1.02 bits per heavy atom. The number of ether oxygens (including phenoxy) is 5. The predicted octanol–water partition coefficient (Wildman–Crippen LogP) is 3.35. The lowest BCUT2D eigenvalue weighted by Crippen LogP contribution is -2.52. The number of rotatable bonds is 15. The molecule has 0 radical (unpaired) electrons. The molecule has 0 aliphatic carbocycles. The number of nitrogens with two attached hydrogens (primary N) is 1. The maximum Gasteiger partial charge on any atom is 0.459 e. The summed E-state index contributed by atoms with van der Waals surface area (Å²) in [5.74, 6) is -3.30. The molecule has 2 aliphatic heterocycles. The summed E-state index contributed by atoms with van der Waals surface area (Å²) in [5.41, 5.74) is 4.45. The van der Waals surface area contributed by atoms with E-state index in [-0.39, 0.29) is 30.5 Å². The third kappa shape index (κ3) is 8.08. The molecule has 0 amide bonds. The van der Waals surface area contributed by atoms with Gasteiger partial charge in [0.05, 0.1) is 37.4 Å². The SMILES string of the molecule is CC(C)C(=O)O[C@H]1[C@H](c2ccc3c(N)ncnn23)O[C@](CF)(COP(=O)(N[C@@H](C)C(=O)OC2COC2)Oc2ccccc2)[C@H]1OC(=O)C(C)C. The molecule has 2 fully saturated rings. The van der Waals surface area contributed by atoms with Crippen LogP contribution in [0.3, 0.4) is 0 Å². The van der Waals surface area contributed by atoms with Crippen molar-refractivity contribution in [2.75, 3.05) is 32.2 Å². The van der Waals surface area contributed by atoms with Crippen LogP contribution in [0.1, 0.15) is 46.4 Å². The molecule has 50 heavy (non-hydrogen) atoms. The molecule has 0 bridgehead atoms. The van der Waals surface area contributed by atoms with Gasteiger partial charge in [0, 0.05) is 0 Å². The molecule has 6 atom stereocenters. The Bertz CT molecular complexity index is 1720. The zero-order valence-corrected chi connectivity index (χ0v) is 29.1. The molecule has 0 saturated carbocycles. The highest BCUT2D eigenvalue weighted by Crippen LogP contribution is 2.50. The van der Waals surface area contributed by atoms with Gasteiger partial charge in [-0.2, -0.15) is 10.2 Å². The van der Waals surface area contributed by atoms with E-state index in [1.54, 1.807) is 58.0 Å². The molecule has 272 valence electrons. The van der Waals surface area contributed by atoms with Gasteiger partial charge in [0.15, 0.2) is 23.6 Å². The van der Waals surface area contributed by atoms with Crippen LogP contribution in [-0.2, 0) is 47.2 Å². The number of hydrogen-bond acceptors (Lipinski definition) is 14. The number of carbonyl (C=O) groups is 3. The van der Waals surface area contributed by atoms with Crippen molar-refractivity contribution in [1.29, 1.82) is 0 Å². The number of halogens is 1. The number of carbonyl (C=O) groups excluding carboxylic acids is 3. The number of benzene rings is 1. The fraction of sp³-hybridized carbons (Fsp3) is 0.531. The van der Waals surface area contributed by atoms with Gasteiger partial charge in [-0.05, 0) is 31.2 Å². The van der Waals surface area contributed by atoms with Crippen LogP contribution in [0, 0.1) is 11.8 Å². The number of para-hydroxylation sites is 1. The Morgan fingerprint density at radius 2 is 1.70 bits per heavy atom. The number of fused-ring (bicyclic) bond motifs is 1.